The van der Waals surface area contributed by atoms with Crippen molar-refractivity contribution in [1.82, 2.24) is 0 Å². The third-order valence-corrected chi connectivity index (χ3v) is 2.47. The molecule has 1 unspecified atom stereocenters. The highest BCUT2D eigenvalue weighted by molar-refractivity contribution is 5.77. The average Bonchev–Trinajstić information content (AvgIpc) is 2.35. The van der Waals surface area contributed by atoms with Crippen molar-refractivity contribution in [3.63, 3.8) is 0 Å². The maximum absolute atomic E-state index is 13.0. The molecular weight excluding hydrogens is 223 g/mol. The summed E-state index contributed by atoms with van der Waals surface area (Å²) in [4.78, 5) is 11.5. The number of para-hydroxylation sites is 1. The largest absolute Gasteiger partial charge is 0.483 e. The van der Waals surface area contributed by atoms with Gasteiger partial charge in [-0.3, -0.25) is 0 Å². The van der Waals surface area contributed by atoms with Crippen molar-refractivity contribution in [2.24, 2.45) is 0 Å². The standard InChI is InChI=1S/C13H13FO3/c1-2-10(14)8-16-12-7-9-5-3-4-6-11(9)17-13(12)15/h3-7,10H,2,8H2,1H3. The molecule has 4 heteroatoms. The van der Waals surface area contributed by atoms with Crippen LogP contribution in [-0.4, -0.2) is 12.8 Å². The van der Waals surface area contributed by atoms with Crippen LogP contribution in [-0.2, 0) is 0 Å². The van der Waals surface area contributed by atoms with E-state index in [0.29, 0.717) is 12.0 Å². The molecule has 0 spiro atoms. The normalized spacial score (nSPS) is 12.6. The summed E-state index contributed by atoms with van der Waals surface area (Å²) in [6.45, 7) is 1.59. The van der Waals surface area contributed by atoms with Crippen molar-refractivity contribution < 1.29 is 13.5 Å². The quantitative estimate of drug-likeness (QED) is 0.766. The van der Waals surface area contributed by atoms with Gasteiger partial charge in [0.1, 0.15) is 18.4 Å². The van der Waals surface area contributed by atoms with Gasteiger partial charge in [0.15, 0.2) is 0 Å². The van der Waals surface area contributed by atoms with Crippen molar-refractivity contribution >= 4 is 11.0 Å². The highest BCUT2D eigenvalue weighted by Gasteiger charge is 2.09. The number of alkyl halides is 1. The summed E-state index contributed by atoms with van der Waals surface area (Å²) in [5.74, 6) is 0.0554. The Bertz CT molecular complexity index is 562. The summed E-state index contributed by atoms with van der Waals surface area (Å²) in [6, 6.07) is 8.68. The van der Waals surface area contributed by atoms with Crippen molar-refractivity contribution in [3.8, 4) is 5.75 Å². The topological polar surface area (TPSA) is 39.4 Å². The Kier molecular flexibility index (Phi) is 3.42. The van der Waals surface area contributed by atoms with Crippen LogP contribution < -0.4 is 10.4 Å². The van der Waals surface area contributed by atoms with Gasteiger partial charge in [-0.25, -0.2) is 9.18 Å². The Hall–Kier alpha value is -1.84. The average molecular weight is 236 g/mol. The Labute approximate surface area is 97.8 Å². The molecule has 0 aliphatic heterocycles. The van der Waals surface area contributed by atoms with E-state index >= 15 is 0 Å². The molecule has 0 saturated heterocycles. The van der Waals surface area contributed by atoms with E-state index < -0.39 is 11.8 Å². The van der Waals surface area contributed by atoms with E-state index in [0.717, 1.165) is 5.39 Å². The minimum atomic E-state index is -1.07. The lowest BCUT2D eigenvalue weighted by Gasteiger charge is -2.07. The van der Waals surface area contributed by atoms with Crippen LogP contribution in [0.25, 0.3) is 11.0 Å². The summed E-state index contributed by atoms with van der Waals surface area (Å²) >= 11 is 0. The van der Waals surface area contributed by atoms with Gasteiger partial charge in [-0.2, -0.15) is 0 Å². The highest BCUT2D eigenvalue weighted by atomic mass is 19.1. The van der Waals surface area contributed by atoms with Gasteiger partial charge in [-0.05, 0) is 18.6 Å². The molecule has 0 N–H and O–H groups in total. The number of rotatable bonds is 4. The predicted molar refractivity (Wildman–Crippen MR) is 63.2 cm³/mol. The molecule has 0 radical (unpaired) electrons. The molecule has 0 bridgehead atoms. The monoisotopic (exact) mass is 236 g/mol. The lowest BCUT2D eigenvalue weighted by molar-refractivity contribution is 0.187. The van der Waals surface area contributed by atoms with Gasteiger partial charge in [0.25, 0.3) is 0 Å². The van der Waals surface area contributed by atoms with Gasteiger partial charge in [-0.1, -0.05) is 25.1 Å². The Balaban J connectivity index is 2.28. The van der Waals surface area contributed by atoms with E-state index in [2.05, 4.69) is 0 Å². The zero-order valence-corrected chi connectivity index (χ0v) is 9.48. The summed E-state index contributed by atoms with van der Waals surface area (Å²) in [6.07, 6.45) is -0.709. The first-order valence-corrected chi connectivity index (χ1v) is 5.50. The SMILES string of the molecule is CCC(F)COc1cc2ccccc2oc1=O. The first-order valence-electron chi connectivity index (χ1n) is 5.50. The lowest BCUT2D eigenvalue weighted by Crippen LogP contribution is -2.15. The van der Waals surface area contributed by atoms with Crippen LogP contribution in [0.5, 0.6) is 5.75 Å². The Morgan fingerprint density at radius 1 is 1.41 bits per heavy atom. The fourth-order valence-electron chi connectivity index (χ4n) is 1.44. The van der Waals surface area contributed by atoms with Crippen molar-refractivity contribution in [1.29, 1.82) is 0 Å². The summed E-state index contributed by atoms with van der Waals surface area (Å²) in [7, 11) is 0. The van der Waals surface area contributed by atoms with Gasteiger partial charge in [-0.15, -0.1) is 0 Å². The molecule has 90 valence electrons. The van der Waals surface area contributed by atoms with Gasteiger partial charge >= 0.3 is 5.63 Å². The molecule has 0 fully saturated rings. The third-order valence-electron chi connectivity index (χ3n) is 2.47. The molecule has 2 rings (SSSR count). The molecule has 0 amide bonds. The number of hydrogen-bond acceptors (Lipinski definition) is 3. The fourth-order valence-corrected chi connectivity index (χ4v) is 1.44. The van der Waals surface area contributed by atoms with Gasteiger partial charge in [0.05, 0.1) is 0 Å². The number of fused-ring (bicyclic) bond motifs is 1. The first-order chi connectivity index (χ1) is 8.20. The maximum Gasteiger partial charge on any atom is 0.379 e. The summed E-state index contributed by atoms with van der Waals surface area (Å²) < 4.78 is 23.2. The van der Waals surface area contributed by atoms with Gasteiger partial charge < -0.3 is 9.15 Å². The van der Waals surface area contributed by atoms with Crippen molar-refractivity contribution in [2.45, 2.75) is 19.5 Å². The van der Waals surface area contributed by atoms with Crippen LogP contribution in [0, 0.1) is 0 Å². The summed E-state index contributed by atoms with van der Waals surface area (Å²) in [5, 5.41) is 0.758. The second-order valence-corrected chi connectivity index (χ2v) is 3.75. The van der Waals surface area contributed by atoms with E-state index in [-0.39, 0.29) is 12.4 Å². The molecule has 3 nitrogen and oxygen atoms in total. The van der Waals surface area contributed by atoms with Crippen molar-refractivity contribution in [2.75, 3.05) is 6.61 Å². The second-order valence-electron chi connectivity index (χ2n) is 3.75. The lowest BCUT2D eigenvalue weighted by atomic mass is 10.2. The number of ether oxygens (including phenoxy) is 1. The molecule has 17 heavy (non-hydrogen) atoms. The highest BCUT2D eigenvalue weighted by Crippen LogP contribution is 2.16. The van der Waals surface area contributed by atoms with Crippen LogP contribution >= 0.6 is 0 Å². The second kappa shape index (κ2) is 4.99. The molecule has 2 aromatic rings. The summed E-state index contributed by atoms with van der Waals surface area (Å²) in [5.41, 5.74) is -0.0795. The van der Waals surface area contributed by atoms with Crippen LogP contribution in [0.3, 0.4) is 0 Å². The van der Waals surface area contributed by atoms with Crippen molar-refractivity contribution in [3.05, 3.63) is 40.8 Å². The van der Waals surface area contributed by atoms with E-state index in [1.807, 2.05) is 6.07 Å². The number of hydrogen-bond donors (Lipinski definition) is 0. The van der Waals surface area contributed by atoms with Gasteiger partial charge in [0.2, 0.25) is 5.75 Å². The minimum Gasteiger partial charge on any atom is -0.483 e. The van der Waals surface area contributed by atoms with Gasteiger partial charge in [0, 0.05) is 5.39 Å². The van der Waals surface area contributed by atoms with Crippen LogP contribution in [0.4, 0.5) is 4.39 Å². The molecule has 0 saturated carbocycles. The van der Waals surface area contributed by atoms with Crippen LogP contribution in [0.2, 0.25) is 0 Å². The molecule has 0 aliphatic rings. The minimum absolute atomic E-state index is 0.0554. The Morgan fingerprint density at radius 3 is 2.94 bits per heavy atom. The first kappa shape index (κ1) is 11.6. The molecular formula is C13H13FO3. The third kappa shape index (κ3) is 2.64. The Morgan fingerprint density at radius 2 is 2.18 bits per heavy atom. The molecule has 1 aromatic carbocycles. The fraction of sp³-hybridized carbons (Fsp3) is 0.308. The van der Waals surface area contributed by atoms with E-state index in [9.17, 15) is 9.18 Å². The van der Waals surface area contributed by atoms with E-state index in [1.54, 1.807) is 31.2 Å². The smallest absolute Gasteiger partial charge is 0.379 e. The number of halogens is 1. The zero-order valence-electron chi connectivity index (χ0n) is 9.48. The molecule has 0 aliphatic carbocycles. The van der Waals surface area contributed by atoms with E-state index in [1.165, 1.54) is 0 Å². The molecule has 1 heterocycles. The number of benzene rings is 1. The van der Waals surface area contributed by atoms with Crippen LogP contribution in [0.15, 0.2) is 39.5 Å². The molecule has 1 atom stereocenters. The van der Waals surface area contributed by atoms with Crippen LogP contribution in [0.1, 0.15) is 13.3 Å². The van der Waals surface area contributed by atoms with E-state index in [4.69, 9.17) is 9.15 Å². The maximum atomic E-state index is 13.0. The molecule has 1 aromatic heterocycles. The predicted octanol–water partition coefficient (Wildman–Crippen LogP) is 2.92. The zero-order chi connectivity index (χ0) is 12.3.